The highest BCUT2D eigenvalue weighted by molar-refractivity contribution is 9.10. The van der Waals surface area contributed by atoms with Gasteiger partial charge in [0.25, 0.3) is 5.91 Å². The average Bonchev–Trinajstić information content (AvgIpc) is 2.63. The highest BCUT2D eigenvalue weighted by atomic mass is 79.9. The van der Waals surface area contributed by atoms with Crippen molar-refractivity contribution < 1.29 is 14.3 Å². The molecule has 0 spiro atoms. The van der Waals surface area contributed by atoms with Crippen LogP contribution in [0.2, 0.25) is 0 Å². The van der Waals surface area contributed by atoms with Gasteiger partial charge in [-0.25, -0.2) is 4.79 Å². The van der Waals surface area contributed by atoms with E-state index < -0.39 is 5.54 Å². The number of nitrogens with one attached hydrogen (secondary N) is 1. The van der Waals surface area contributed by atoms with Gasteiger partial charge < -0.3 is 10.1 Å². The molecule has 1 fully saturated rings. The van der Waals surface area contributed by atoms with Crippen LogP contribution in [0.4, 0.5) is 4.79 Å². The number of carbonyl (C=O) groups excluding carboxylic acids is 2. The molecule has 6 heteroatoms. The number of imide groups is 1. The van der Waals surface area contributed by atoms with E-state index in [9.17, 15) is 9.59 Å². The number of amides is 3. The van der Waals surface area contributed by atoms with Crippen LogP contribution in [0.1, 0.15) is 25.8 Å². The molecule has 1 aromatic rings. The molecule has 1 N–H and O–H groups in total. The van der Waals surface area contributed by atoms with Crippen molar-refractivity contribution >= 4 is 27.9 Å². The number of halogens is 1. The first-order chi connectivity index (χ1) is 9.41. The van der Waals surface area contributed by atoms with Gasteiger partial charge in [-0.05, 0) is 47.0 Å². The van der Waals surface area contributed by atoms with Crippen LogP contribution < -0.4 is 10.1 Å². The van der Waals surface area contributed by atoms with Gasteiger partial charge >= 0.3 is 6.03 Å². The van der Waals surface area contributed by atoms with Gasteiger partial charge in [0.1, 0.15) is 11.3 Å². The quantitative estimate of drug-likeness (QED) is 0.857. The topological polar surface area (TPSA) is 58.6 Å². The Kier molecular flexibility index (Phi) is 4.04. The Morgan fingerprint density at radius 3 is 2.60 bits per heavy atom. The number of methoxy groups -OCH3 is 1. The SMILES string of the molecule is CCC1(C)NC(=O)N(Cc2ccc(OC)c(Br)c2)C1=O. The number of carbonyl (C=O) groups is 2. The zero-order chi connectivity index (χ0) is 14.9. The fraction of sp³-hybridized carbons (Fsp3) is 0.429. The van der Waals surface area contributed by atoms with Crippen molar-refractivity contribution in [3.63, 3.8) is 0 Å². The van der Waals surface area contributed by atoms with E-state index in [4.69, 9.17) is 4.74 Å². The van der Waals surface area contributed by atoms with E-state index in [-0.39, 0.29) is 18.5 Å². The minimum Gasteiger partial charge on any atom is -0.496 e. The van der Waals surface area contributed by atoms with Gasteiger partial charge in [0, 0.05) is 0 Å². The minimum atomic E-state index is -0.791. The molecule has 1 heterocycles. The molecule has 1 aliphatic heterocycles. The molecular formula is C14H17BrN2O3. The van der Waals surface area contributed by atoms with Crippen LogP contribution in [0.25, 0.3) is 0 Å². The van der Waals surface area contributed by atoms with E-state index in [0.717, 1.165) is 10.0 Å². The largest absolute Gasteiger partial charge is 0.496 e. The fourth-order valence-electron chi connectivity index (χ4n) is 2.12. The molecule has 2 rings (SSSR count). The lowest BCUT2D eigenvalue weighted by atomic mass is 9.99. The third-order valence-corrected chi connectivity index (χ3v) is 4.23. The predicted octanol–water partition coefficient (Wildman–Crippen LogP) is 2.68. The lowest BCUT2D eigenvalue weighted by molar-refractivity contribution is -0.131. The Balaban J connectivity index is 2.20. The normalized spacial score (nSPS) is 22.1. The maximum Gasteiger partial charge on any atom is 0.325 e. The first-order valence-corrected chi connectivity index (χ1v) is 7.17. The number of ether oxygens (including phenoxy) is 1. The summed E-state index contributed by atoms with van der Waals surface area (Å²) in [5.41, 5.74) is 0.0716. The van der Waals surface area contributed by atoms with Crippen molar-refractivity contribution in [2.45, 2.75) is 32.4 Å². The highest BCUT2D eigenvalue weighted by Gasteiger charge is 2.46. The van der Waals surface area contributed by atoms with E-state index in [2.05, 4.69) is 21.2 Å². The van der Waals surface area contributed by atoms with Crippen LogP contribution in [0.5, 0.6) is 5.75 Å². The summed E-state index contributed by atoms with van der Waals surface area (Å²) in [6, 6.07) is 5.15. The summed E-state index contributed by atoms with van der Waals surface area (Å²) >= 11 is 3.39. The van der Waals surface area contributed by atoms with E-state index >= 15 is 0 Å². The smallest absolute Gasteiger partial charge is 0.325 e. The first kappa shape index (κ1) is 14.8. The molecule has 1 atom stereocenters. The van der Waals surface area contributed by atoms with Gasteiger partial charge in [-0.1, -0.05) is 13.0 Å². The van der Waals surface area contributed by atoms with E-state index in [1.54, 1.807) is 20.1 Å². The molecule has 0 radical (unpaired) electrons. The molecule has 3 amide bonds. The standard InChI is InChI=1S/C14H17BrN2O3/c1-4-14(2)12(18)17(13(19)16-14)8-9-5-6-11(20-3)10(15)7-9/h5-7H,4,8H2,1-3H3,(H,16,19). The summed E-state index contributed by atoms with van der Waals surface area (Å²) in [6.45, 7) is 3.88. The minimum absolute atomic E-state index is 0.183. The second-order valence-corrected chi connectivity index (χ2v) is 5.83. The Morgan fingerprint density at radius 1 is 1.40 bits per heavy atom. The molecule has 1 aliphatic rings. The Labute approximate surface area is 126 Å². The van der Waals surface area contributed by atoms with Crippen molar-refractivity contribution in [3.8, 4) is 5.75 Å². The van der Waals surface area contributed by atoms with Gasteiger partial charge in [-0.3, -0.25) is 9.69 Å². The van der Waals surface area contributed by atoms with Crippen molar-refractivity contribution in [2.24, 2.45) is 0 Å². The number of benzene rings is 1. The molecule has 108 valence electrons. The lowest BCUT2D eigenvalue weighted by Gasteiger charge is -2.19. The maximum atomic E-state index is 12.3. The highest BCUT2D eigenvalue weighted by Crippen LogP contribution is 2.28. The van der Waals surface area contributed by atoms with E-state index in [1.165, 1.54) is 4.90 Å². The second kappa shape index (κ2) is 5.44. The van der Waals surface area contributed by atoms with Gasteiger partial charge in [0.2, 0.25) is 0 Å². The first-order valence-electron chi connectivity index (χ1n) is 6.38. The zero-order valence-electron chi connectivity index (χ0n) is 11.7. The summed E-state index contributed by atoms with van der Waals surface area (Å²) in [7, 11) is 1.59. The zero-order valence-corrected chi connectivity index (χ0v) is 13.3. The Hall–Kier alpha value is -1.56. The Morgan fingerprint density at radius 2 is 2.10 bits per heavy atom. The molecule has 1 aromatic carbocycles. The maximum absolute atomic E-state index is 12.3. The van der Waals surface area contributed by atoms with Gasteiger partial charge in [-0.2, -0.15) is 0 Å². The number of hydrogen-bond donors (Lipinski definition) is 1. The van der Waals surface area contributed by atoms with Gasteiger partial charge in [0.15, 0.2) is 0 Å². The summed E-state index contributed by atoms with van der Waals surface area (Å²) in [5.74, 6) is 0.529. The molecule has 1 unspecified atom stereocenters. The molecular weight excluding hydrogens is 324 g/mol. The third kappa shape index (κ3) is 2.52. The van der Waals surface area contributed by atoms with Gasteiger partial charge in [-0.15, -0.1) is 0 Å². The summed E-state index contributed by atoms with van der Waals surface area (Å²) < 4.78 is 5.95. The molecule has 0 bridgehead atoms. The molecule has 0 saturated carbocycles. The summed E-state index contributed by atoms with van der Waals surface area (Å²) in [6.07, 6.45) is 0.570. The number of urea groups is 1. The fourth-order valence-corrected chi connectivity index (χ4v) is 2.71. The van der Waals surface area contributed by atoms with Crippen LogP contribution in [-0.4, -0.2) is 29.5 Å². The average molecular weight is 341 g/mol. The number of hydrogen-bond acceptors (Lipinski definition) is 3. The molecule has 0 aliphatic carbocycles. The van der Waals surface area contributed by atoms with Crippen LogP contribution in [0.15, 0.2) is 22.7 Å². The van der Waals surface area contributed by atoms with Crippen molar-refractivity contribution in [1.82, 2.24) is 10.2 Å². The second-order valence-electron chi connectivity index (χ2n) is 4.98. The summed E-state index contributed by atoms with van der Waals surface area (Å²) in [4.78, 5) is 25.5. The Bertz CT molecular complexity index is 561. The predicted molar refractivity (Wildman–Crippen MR) is 78.5 cm³/mol. The van der Waals surface area contributed by atoms with Crippen LogP contribution in [-0.2, 0) is 11.3 Å². The monoisotopic (exact) mass is 340 g/mol. The molecule has 1 saturated heterocycles. The lowest BCUT2D eigenvalue weighted by Crippen LogP contribution is -2.43. The molecule has 20 heavy (non-hydrogen) atoms. The van der Waals surface area contributed by atoms with Crippen LogP contribution in [0.3, 0.4) is 0 Å². The number of nitrogens with zero attached hydrogens (tertiary/aromatic N) is 1. The van der Waals surface area contributed by atoms with Gasteiger partial charge in [0.05, 0.1) is 18.1 Å². The van der Waals surface area contributed by atoms with E-state index in [1.807, 2.05) is 19.1 Å². The van der Waals surface area contributed by atoms with Crippen LogP contribution in [0, 0.1) is 0 Å². The number of rotatable bonds is 4. The van der Waals surface area contributed by atoms with E-state index in [0.29, 0.717) is 12.2 Å². The van der Waals surface area contributed by atoms with Crippen molar-refractivity contribution in [3.05, 3.63) is 28.2 Å². The van der Waals surface area contributed by atoms with Crippen molar-refractivity contribution in [1.29, 1.82) is 0 Å². The van der Waals surface area contributed by atoms with Crippen LogP contribution >= 0.6 is 15.9 Å². The third-order valence-electron chi connectivity index (χ3n) is 3.61. The van der Waals surface area contributed by atoms with Crippen molar-refractivity contribution in [2.75, 3.05) is 7.11 Å². The molecule has 0 aromatic heterocycles. The molecule has 5 nitrogen and oxygen atoms in total. The summed E-state index contributed by atoms with van der Waals surface area (Å²) in [5, 5.41) is 2.74.